The Bertz CT molecular complexity index is 376. The van der Waals surface area contributed by atoms with E-state index >= 15 is 0 Å². The van der Waals surface area contributed by atoms with Gasteiger partial charge in [-0.3, -0.25) is 4.90 Å². The van der Waals surface area contributed by atoms with Gasteiger partial charge < -0.3 is 10.8 Å². The van der Waals surface area contributed by atoms with E-state index in [4.69, 9.17) is 10.8 Å². The van der Waals surface area contributed by atoms with E-state index in [1.54, 1.807) is 0 Å². The van der Waals surface area contributed by atoms with Crippen LogP contribution >= 0.6 is 15.9 Å². The SMILES string of the molecule is Nc1cc(Br)ccc1CN1CCC(CO)CC1. The minimum Gasteiger partial charge on any atom is -0.398 e. The average Bonchev–Trinajstić information content (AvgIpc) is 2.34. The molecule has 1 aliphatic heterocycles. The Labute approximate surface area is 111 Å². The predicted molar refractivity (Wildman–Crippen MR) is 73.6 cm³/mol. The van der Waals surface area contributed by atoms with E-state index in [2.05, 4.69) is 26.9 Å². The van der Waals surface area contributed by atoms with Crippen LogP contribution in [0, 0.1) is 5.92 Å². The van der Waals surface area contributed by atoms with Gasteiger partial charge in [-0.1, -0.05) is 22.0 Å². The number of nitrogens with zero attached hydrogens (tertiary/aromatic N) is 1. The minimum atomic E-state index is 0.328. The van der Waals surface area contributed by atoms with E-state index in [1.165, 1.54) is 5.56 Å². The third-order valence-electron chi connectivity index (χ3n) is 3.47. The lowest BCUT2D eigenvalue weighted by atomic mass is 9.97. The Hall–Kier alpha value is -0.580. The molecule has 1 aliphatic rings. The molecule has 0 unspecified atom stereocenters. The van der Waals surface area contributed by atoms with Crippen molar-refractivity contribution < 1.29 is 5.11 Å². The van der Waals surface area contributed by atoms with Crippen LogP contribution in [0.5, 0.6) is 0 Å². The fourth-order valence-corrected chi connectivity index (χ4v) is 2.66. The van der Waals surface area contributed by atoms with Gasteiger partial charge >= 0.3 is 0 Å². The maximum absolute atomic E-state index is 9.10. The van der Waals surface area contributed by atoms with Crippen LogP contribution in [0.1, 0.15) is 18.4 Å². The highest BCUT2D eigenvalue weighted by atomic mass is 79.9. The summed E-state index contributed by atoms with van der Waals surface area (Å²) >= 11 is 3.42. The number of hydrogen-bond acceptors (Lipinski definition) is 3. The van der Waals surface area contributed by atoms with Crippen molar-refractivity contribution in [1.29, 1.82) is 0 Å². The fourth-order valence-electron chi connectivity index (χ4n) is 2.28. The number of benzene rings is 1. The molecule has 0 saturated carbocycles. The molecule has 4 heteroatoms. The molecular formula is C13H19BrN2O. The fraction of sp³-hybridized carbons (Fsp3) is 0.538. The molecule has 1 aromatic carbocycles. The lowest BCUT2D eigenvalue weighted by molar-refractivity contribution is 0.127. The standard InChI is InChI=1S/C13H19BrN2O/c14-12-2-1-11(13(15)7-12)8-16-5-3-10(9-17)4-6-16/h1-2,7,10,17H,3-6,8-9,15H2. The van der Waals surface area contributed by atoms with Crippen molar-refractivity contribution in [3.05, 3.63) is 28.2 Å². The van der Waals surface area contributed by atoms with Crippen molar-refractivity contribution in [2.75, 3.05) is 25.4 Å². The first-order valence-electron chi connectivity index (χ1n) is 6.06. The van der Waals surface area contributed by atoms with E-state index < -0.39 is 0 Å². The van der Waals surface area contributed by atoms with E-state index in [1.807, 2.05) is 12.1 Å². The van der Waals surface area contributed by atoms with Gasteiger partial charge in [0, 0.05) is 23.3 Å². The summed E-state index contributed by atoms with van der Waals surface area (Å²) in [6.45, 7) is 3.35. The molecule has 1 fully saturated rings. The van der Waals surface area contributed by atoms with E-state index in [9.17, 15) is 0 Å². The van der Waals surface area contributed by atoms with Crippen LogP contribution in [0.2, 0.25) is 0 Å². The number of halogens is 1. The molecule has 2 rings (SSSR count). The minimum absolute atomic E-state index is 0.328. The van der Waals surface area contributed by atoms with Crippen molar-refractivity contribution in [3.63, 3.8) is 0 Å². The number of hydrogen-bond donors (Lipinski definition) is 2. The summed E-state index contributed by atoms with van der Waals surface area (Å²) in [5, 5.41) is 9.10. The van der Waals surface area contributed by atoms with Gasteiger partial charge in [0.25, 0.3) is 0 Å². The van der Waals surface area contributed by atoms with Gasteiger partial charge in [-0.05, 0) is 49.5 Å². The Morgan fingerprint density at radius 1 is 1.35 bits per heavy atom. The molecule has 3 nitrogen and oxygen atoms in total. The number of nitrogens with two attached hydrogens (primary N) is 1. The normalized spacial score (nSPS) is 18.5. The number of likely N-dealkylation sites (tertiary alicyclic amines) is 1. The lowest BCUT2D eigenvalue weighted by Gasteiger charge is -2.31. The van der Waals surface area contributed by atoms with Gasteiger partial charge in [0.05, 0.1) is 0 Å². The molecule has 0 amide bonds. The smallest absolute Gasteiger partial charge is 0.0460 e. The van der Waals surface area contributed by atoms with Crippen LogP contribution < -0.4 is 5.73 Å². The summed E-state index contributed by atoms with van der Waals surface area (Å²) in [7, 11) is 0. The Kier molecular flexibility index (Phi) is 4.42. The molecule has 3 N–H and O–H groups in total. The van der Waals surface area contributed by atoms with Gasteiger partial charge in [-0.2, -0.15) is 0 Å². The molecule has 94 valence electrons. The van der Waals surface area contributed by atoms with Crippen LogP contribution in [-0.4, -0.2) is 29.7 Å². The van der Waals surface area contributed by atoms with Crippen LogP contribution in [-0.2, 0) is 6.54 Å². The second kappa shape index (κ2) is 5.85. The molecule has 0 spiro atoms. The van der Waals surface area contributed by atoms with E-state index in [0.717, 1.165) is 42.6 Å². The van der Waals surface area contributed by atoms with Gasteiger partial charge in [0.1, 0.15) is 0 Å². The van der Waals surface area contributed by atoms with Gasteiger partial charge in [-0.25, -0.2) is 0 Å². The van der Waals surface area contributed by atoms with E-state index in [0.29, 0.717) is 12.5 Å². The van der Waals surface area contributed by atoms with Gasteiger partial charge in [-0.15, -0.1) is 0 Å². The van der Waals surface area contributed by atoms with Crippen molar-refractivity contribution in [2.24, 2.45) is 5.92 Å². The van der Waals surface area contributed by atoms with Crippen molar-refractivity contribution in [1.82, 2.24) is 4.90 Å². The summed E-state index contributed by atoms with van der Waals surface area (Å²) in [5.41, 5.74) is 8.04. The third kappa shape index (κ3) is 3.44. The average molecular weight is 299 g/mol. The first-order chi connectivity index (χ1) is 8.19. The Balaban J connectivity index is 1.93. The maximum atomic E-state index is 9.10. The first kappa shape index (κ1) is 12.9. The summed E-state index contributed by atoms with van der Waals surface area (Å²) in [4.78, 5) is 2.41. The monoisotopic (exact) mass is 298 g/mol. The second-order valence-corrected chi connectivity index (χ2v) is 5.66. The summed E-state index contributed by atoms with van der Waals surface area (Å²) in [6.07, 6.45) is 2.18. The van der Waals surface area contributed by atoms with Gasteiger partial charge in [0.15, 0.2) is 0 Å². The molecule has 0 aromatic heterocycles. The summed E-state index contributed by atoms with van der Waals surface area (Å²) < 4.78 is 1.03. The highest BCUT2D eigenvalue weighted by Crippen LogP contribution is 2.23. The zero-order chi connectivity index (χ0) is 12.3. The number of aliphatic hydroxyl groups is 1. The molecule has 0 radical (unpaired) electrons. The molecular weight excluding hydrogens is 280 g/mol. The van der Waals surface area contributed by atoms with E-state index in [-0.39, 0.29) is 0 Å². The quantitative estimate of drug-likeness (QED) is 0.842. The Morgan fingerprint density at radius 2 is 2.06 bits per heavy atom. The molecule has 0 aliphatic carbocycles. The molecule has 1 heterocycles. The highest BCUT2D eigenvalue weighted by molar-refractivity contribution is 9.10. The highest BCUT2D eigenvalue weighted by Gasteiger charge is 2.18. The number of nitrogen functional groups attached to an aromatic ring is 1. The summed E-state index contributed by atoms with van der Waals surface area (Å²) in [6, 6.07) is 6.07. The van der Waals surface area contributed by atoms with Crippen molar-refractivity contribution >= 4 is 21.6 Å². The zero-order valence-corrected chi connectivity index (χ0v) is 11.5. The number of rotatable bonds is 3. The van der Waals surface area contributed by atoms with Crippen molar-refractivity contribution in [3.8, 4) is 0 Å². The molecule has 0 atom stereocenters. The topological polar surface area (TPSA) is 49.5 Å². The van der Waals surface area contributed by atoms with Crippen LogP contribution in [0.4, 0.5) is 5.69 Å². The maximum Gasteiger partial charge on any atom is 0.0460 e. The van der Waals surface area contributed by atoms with Crippen molar-refractivity contribution in [2.45, 2.75) is 19.4 Å². The largest absolute Gasteiger partial charge is 0.398 e. The molecule has 1 saturated heterocycles. The Morgan fingerprint density at radius 3 is 2.65 bits per heavy atom. The third-order valence-corrected chi connectivity index (χ3v) is 3.96. The zero-order valence-electron chi connectivity index (χ0n) is 9.90. The van der Waals surface area contributed by atoms with Gasteiger partial charge in [0.2, 0.25) is 0 Å². The predicted octanol–water partition coefficient (Wildman–Crippen LogP) is 2.24. The number of anilines is 1. The molecule has 1 aromatic rings. The number of aliphatic hydroxyl groups excluding tert-OH is 1. The first-order valence-corrected chi connectivity index (χ1v) is 6.85. The van der Waals surface area contributed by atoms with Crippen LogP contribution in [0.15, 0.2) is 22.7 Å². The second-order valence-electron chi connectivity index (χ2n) is 4.75. The van der Waals surface area contributed by atoms with Crippen LogP contribution in [0.25, 0.3) is 0 Å². The number of piperidine rings is 1. The lowest BCUT2D eigenvalue weighted by Crippen LogP contribution is -2.34. The molecule has 0 bridgehead atoms. The van der Waals surface area contributed by atoms with Crippen LogP contribution in [0.3, 0.4) is 0 Å². The summed E-state index contributed by atoms with van der Waals surface area (Å²) in [5.74, 6) is 0.494. The molecule has 17 heavy (non-hydrogen) atoms.